The standard InChI is InChI=1S/C15H11Cl2F2NO/c1-8(9-2-5-13(18)14(19)6-9)20-15(21)11-4-3-10(16)7-12(11)17/h2-8H,1H3,(H,20,21). The Morgan fingerprint density at radius 1 is 1.10 bits per heavy atom. The number of nitrogens with one attached hydrogen (secondary N) is 1. The molecule has 0 heterocycles. The maximum absolute atomic E-state index is 13.2. The van der Waals surface area contributed by atoms with Crippen molar-refractivity contribution in [3.63, 3.8) is 0 Å². The zero-order valence-corrected chi connectivity index (χ0v) is 12.5. The first-order chi connectivity index (χ1) is 9.88. The maximum Gasteiger partial charge on any atom is 0.253 e. The van der Waals surface area contributed by atoms with E-state index in [1.807, 2.05) is 0 Å². The topological polar surface area (TPSA) is 29.1 Å². The van der Waals surface area contributed by atoms with Crippen molar-refractivity contribution in [1.82, 2.24) is 5.32 Å². The summed E-state index contributed by atoms with van der Waals surface area (Å²) in [6.07, 6.45) is 0. The molecule has 0 saturated carbocycles. The van der Waals surface area contributed by atoms with Crippen LogP contribution in [0.25, 0.3) is 0 Å². The molecule has 2 nitrogen and oxygen atoms in total. The molecule has 1 N–H and O–H groups in total. The maximum atomic E-state index is 13.2. The van der Waals surface area contributed by atoms with Gasteiger partial charge in [-0.1, -0.05) is 29.3 Å². The Labute approximate surface area is 130 Å². The summed E-state index contributed by atoms with van der Waals surface area (Å²) < 4.78 is 26.1. The first kappa shape index (κ1) is 15.7. The van der Waals surface area contributed by atoms with E-state index in [2.05, 4.69) is 5.32 Å². The van der Waals surface area contributed by atoms with Crippen LogP contribution in [0.3, 0.4) is 0 Å². The Kier molecular flexibility index (Phi) is 4.80. The van der Waals surface area contributed by atoms with Gasteiger partial charge >= 0.3 is 0 Å². The van der Waals surface area contributed by atoms with Crippen molar-refractivity contribution in [1.29, 1.82) is 0 Å². The number of hydrogen-bond donors (Lipinski definition) is 1. The quantitative estimate of drug-likeness (QED) is 0.863. The summed E-state index contributed by atoms with van der Waals surface area (Å²) in [5.41, 5.74) is 0.711. The van der Waals surface area contributed by atoms with Crippen LogP contribution in [0.1, 0.15) is 28.9 Å². The lowest BCUT2D eigenvalue weighted by atomic mass is 10.1. The van der Waals surface area contributed by atoms with Crippen LogP contribution in [-0.4, -0.2) is 5.91 Å². The average Bonchev–Trinajstić information content (AvgIpc) is 2.41. The van der Waals surface area contributed by atoms with Gasteiger partial charge in [0.25, 0.3) is 5.91 Å². The van der Waals surface area contributed by atoms with Gasteiger partial charge in [-0.25, -0.2) is 8.78 Å². The lowest BCUT2D eigenvalue weighted by Gasteiger charge is -2.15. The largest absolute Gasteiger partial charge is 0.345 e. The number of halogens is 4. The van der Waals surface area contributed by atoms with Crippen molar-refractivity contribution < 1.29 is 13.6 Å². The molecule has 110 valence electrons. The molecule has 0 bridgehead atoms. The average molecular weight is 330 g/mol. The Morgan fingerprint density at radius 3 is 2.43 bits per heavy atom. The summed E-state index contributed by atoms with van der Waals surface area (Å²) in [7, 11) is 0. The summed E-state index contributed by atoms with van der Waals surface area (Å²) in [4.78, 5) is 12.1. The third-order valence-electron chi connectivity index (χ3n) is 2.97. The Bertz CT molecular complexity index is 691. The molecule has 2 aromatic rings. The molecule has 0 aromatic heterocycles. The van der Waals surface area contributed by atoms with E-state index in [1.165, 1.54) is 18.2 Å². The molecule has 0 fully saturated rings. The van der Waals surface area contributed by atoms with Crippen molar-refractivity contribution in [2.24, 2.45) is 0 Å². The number of carbonyl (C=O) groups excluding carboxylic acids is 1. The summed E-state index contributed by atoms with van der Waals surface area (Å²) in [6, 6.07) is 7.47. The molecule has 1 atom stereocenters. The van der Waals surface area contributed by atoms with Crippen molar-refractivity contribution >= 4 is 29.1 Å². The molecule has 0 aliphatic rings. The van der Waals surface area contributed by atoms with E-state index >= 15 is 0 Å². The summed E-state index contributed by atoms with van der Waals surface area (Å²) in [6.45, 7) is 1.66. The second-order valence-electron chi connectivity index (χ2n) is 4.49. The lowest BCUT2D eigenvalue weighted by Crippen LogP contribution is -2.27. The molecule has 2 rings (SSSR count). The van der Waals surface area contributed by atoms with Gasteiger partial charge in [-0.05, 0) is 42.8 Å². The third-order valence-corrected chi connectivity index (χ3v) is 3.51. The number of hydrogen-bond acceptors (Lipinski definition) is 1. The molecule has 1 unspecified atom stereocenters. The van der Waals surface area contributed by atoms with Gasteiger partial charge in [0.1, 0.15) is 0 Å². The van der Waals surface area contributed by atoms with E-state index in [9.17, 15) is 13.6 Å². The van der Waals surface area contributed by atoms with E-state index in [4.69, 9.17) is 23.2 Å². The molecule has 0 spiro atoms. The van der Waals surface area contributed by atoms with Crippen molar-refractivity contribution in [2.45, 2.75) is 13.0 Å². The minimum absolute atomic E-state index is 0.220. The predicted molar refractivity (Wildman–Crippen MR) is 78.7 cm³/mol. The molecule has 21 heavy (non-hydrogen) atoms. The van der Waals surface area contributed by atoms with Crippen LogP contribution in [-0.2, 0) is 0 Å². The highest BCUT2D eigenvalue weighted by atomic mass is 35.5. The fourth-order valence-electron chi connectivity index (χ4n) is 1.81. The van der Waals surface area contributed by atoms with Crippen LogP contribution in [0.4, 0.5) is 8.78 Å². The minimum Gasteiger partial charge on any atom is -0.345 e. The molecular weight excluding hydrogens is 319 g/mol. The van der Waals surface area contributed by atoms with E-state index < -0.39 is 23.6 Å². The number of rotatable bonds is 3. The fraction of sp³-hybridized carbons (Fsp3) is 0.133. The normalized spacial score (nSPS) is 12.0. The van der Waals surface area contributed by atoms with Crippen molar-refractivity contribution in [3.8, 4) is 0 Å². The fourth-order valence-corrected chi connectivity index (χ4v) is 2.31. The zero-order valence-electron chi connectivity index (χ0n) is 11.0. The lowest BCUT2D eigenvalue weighted by molar-refractivity contribution is 0.0940. The van der Waals surface area contributed by atoms with Gasteiger partial charge in [-0.15, -0.1) is 0 Å². The van der Waals surface area contributed by atoms with Crippen LogP contribution in [0, 0.1) is 11.6 Å². The third kappa shape index (κ3) is 3.71. The highest BCUT2D eigenvalue weighted by Gasteiger charge is 2.15. The van der Waals surface area contributed by atoms with Crippen LogP contribution in [0.5, 0.6) is 0 Å². The van der Waals surface area contributed by atoms with E-state index in [1.54, 1.807) is 13.0 Å². The molecule has 1 amide bonds. The highest BCUT2D eigenvalue weighted by Crippen LogP contribution is 2.22. The molecule has 0 saturated heterocycles. The van der Waals surface area contributed by atoms with Crippen molar-refractivity contribution in [2.75, 3.05) is 0 Å². The minimum atomic E-state index is -0.960. The Balaban J connectivity index is 2.16. The highest BCUT2D eigenvalue weighted by molar-refractivity contribution is 6.36. The molecule has 2 aromatic carbocycles. The van der Waals surface area contributed by atoms with Gasteiger partial charge < -0.3 is 5.32 Å². The second-order valence-corrected chi connectivity index (χ2v) is 5.34. The van der Waals surface area contributed by atoms with Gasteiger partial charge in [-0.2, -0.15) is 0 Å². The summed E-state index contributed by atoms with van der Waals surface area (Å²) in [5.74, 6) is -2.31. The Morgan fingerprint density at radius 2 is 1.81 bits per heavy atom. The van der Waals surface area contributed by atoms with Crippen LogP contribution >= 0.6 is 23.2 Å². The molecular formula is C15H11Cl2F2NO. The van der Waals surface area contributed by atoms with Crippen LogP contribution < -0.4 is 5.32 Å². The number of benzene rings is 2. The summed E-state index contributed by atoms with van der Waals surface area (Å²) in [5, 5.41) is 3.31. The van der Waals surface area contributed by atoms with E-state index in [0.717, 1.165) is 12.1 Å². The second kappa shape index (κ2) is 6.41. The SMILES string of the molecule is CC(NC(=O)c1ccc(Cl)cc1Cl)c1ccc(F)c(F)c1. The molecule has 6 heteroatoms. The van der Waals surface area contributed by atoms with E-state index in [0.29, 0.717) is 10.6 Å². The molecule has 0 aliphatic heterocycles. The van der Waals surface area contributed by atoms with Gasteiger partial charge in [0, 0.05) is 5.02 Å². The van der Waals surface area contributed by atoms with Gasteiger partial charge in [0.05, 0.1) is 16.6 Å². The molecule has 0 aliphatic carbocycles. The predicted octanol–water partition coefficient (Wildman–Crippen LogP) is 4.76. The summed E-state index contributed by atoms with van der Waals surface area (Å²) >= 11 is 11.7. The number of amides is 1. The van der Waals surface area contributed by atoms with Gasteiger partial charge in [0.15, 0.2) is 11.6 Å². The van der Waals surface area contributed by atoms with Gasteiger partial charge in [-0.3, -0.25) is 4.79 Å². The van der Waals surface area contributed by atoms with E-state index in [-0.39, 0.29) is 10.6 Å². The first-order valence-electron chi connectivity index (χ1n) is 6.09. The van der Waals surface area contributed by atoms with Crippen LogP contribution in [0.15, 0.2) is 36.4 Å². The number of carbonyl (C=O) groups is 1. The van der Waals surface area contributed by atoms with Crippen LogP contribution in [0.2, 0.25) is 10.0 Å². The molecule has 0 radical (unpaired) electrons. The van der Waals surface area contributed by atoms with Crippen molar-refractivity contribution in [3.05, 3.63) is 69.2 Å². The Hall–Kier alpha value is -1.65. The van der Waals surface area contributed by atoms with Gasteiger partial charge in [0.2, 0.25) is 0 Å². The first-order valence-corrected chi connectivity index (χ1v) is 6.85. The smallest absolute Gasteiger partial charge is 0.253 e. The monoisotopic (exact) mass is 329 g/mol. The zero-order chi connectivity index (χ0) is 15.6.